The second-order valence-corrected chi connectivity index (χ2v) is 13.7. The number of allylic oxidation sites excluding steroid dienone is 1. The van der Waals surface area contributed by atoms with E-state index in [0.717, 1.165) is 38.3 Å². The van der Waals surface area contributed by atoms with E-state index in [1.54, 1.807) is 0 Å². The zero-order valence-corrected chi connectivity index (χ0v) is 18.2. The largest absolute Gasteiger partial charge is 0.413 e. The van der Waals surface area contributed by atoms with Gasteiger partial charge in [0.15, 0.2) is 8.32 Å². The van der Waals surface area contributed by atoms with Crippen LogP contribution in [0.2, 0.25) is 18.1 Å². The third kappa shape index (κ3) is 6.17. The first-order chi connectivity index (χ1) is 11.7. The van der Waals surface area contributed by atoms with Crippen molar-refractivity contribution < 1.29 is 14.0 Å². The van der Waals surface area contributed by atoms with Gasteiger partial charge in [-0.25, -0.2) is 0 Å². The van der Waals surface area contributed by atoms with Gasteiger partial charge in [-0.3, -0.25) is 4.79 Å². The Morgan fingerprint density at radius 1 is 1.12 bits per heavy atom. The normalized spacial score (nSPS) is 22.2. The molecule has 0 amide bonds. The van der Waals surface area contributed by atoms with Crippen molar-refractivity contribution in [3.05, 3.63) is 11.1 Å². The van der Waals surface area contributed by atoms with Crippen molar-refractivity contribution in [3.63, 3.8) is 0 Å². The maximum Gasteiger partial charge on any atom is 0.192 e. The zero-order chi connectivity index (χ0) is 19.1. The molecule has 1 rings (SSSR count). The average Bonchev–Trinajstić information content (AvgIpc) is 2.53. The molecule has 0 saturated heterocycles. The highest BCUT2D eigenvalue weighted by atomic mass is 28.4. The fourth-order valence-corrected chi connectivity index (χ4v) is 4.67. The highest BCUT2D eigenvalue weighted by molar-refractivity contribution is 6.74. The summed E-state index contributed by atoms with van der Waals surface area (Å²) in [5, 5.41) is 0.102. The van der Waals surface area contributed by atoms with E-state index in [1.807, 2.05) is 0 Å². The Morgan fingerprint density at radius 2 is 1.76 bits per heavy atom. The first-order valence-electron chi connectivity index (χ1n) is 9.98. The molecule has 0 spiro atoms. The Balaban J connectivity index is 2.83. The predicted octanol–water partition coefficient (Wildman–Crippen LogP) is 5.84. The molecule has 0 aromatic carbocycles. The molecule has 0 fully saturated rings. The molecule has 0 bridgehead atoms. The van der Waals surface area contributed by atoms with Gasteiger partial charge in [0.2, 0.25) is 0 Å². The fourth-order valence-electron chi connectivity index (χ4n) is 3.30. The predicted molar refractivity (Wildman–Crippen MR) is 107 cm³/mol. The lowest BCUT2D eigenvalue weighted by Gasteiger charge is -2.42. The van der Waals surface area contributed by atoms with Gasteiger partial charge in [0.05, 0.1) is 12.0 Å². The van der Waals surface area contributed by atoms with Crippen LogP contribution in [0.4, 0.5) is 0 Å². The van der Waals surface area contributed by atoms with Crippen molar-refractivity contribution >= 4 is 20.9 Å². The van der Waals surface area contributed by atoms with Gasteiger partial charge in [-0.05, 0) is 43.8 Å². The second-order valence-electron chi connectivity index (χ2n) is 8.96. The molecular weight excluding hydrogens is 328 g/mol. The summed E-state index contributed by atoms with van der Waals surface area (Å²) in [4.78, 5) is 23.5. The minimum absolute atomic E-state index is 0.102. The van der Waals surface area contributed by atoms with Gasteiger partial charge >= 0.3 is 0 Å². The number of carbonyl (C=O) groups is 2. The quantitative estimate of drug-likeness (QED) is 0.277. The summed E-state index contributed by atoms with van der Waals surface area (Å²) in [5.74, 6) is -0.383. The number of carbonyl (C=O) groups excluding carboxylic acids is 2. The number of rotatable bonds is 10. The summed E-state index contributed by atoms with van der Waals surface area (Å²) in [7, 11) is -1.95. The molecule has 2 atom stereocenters. The monoisotopic (exact) mass is 366 g/mol. The van der Waals surface area contributed by atoms with Gasteiger partial charge < -0.3 is 9.22 Å². The molecule has 0 unspecified atom stereocenters. The van der Waals surface area contributed by atoms with E-state index in [1.165, 1.54) is 31.3 Å². The maximum atomic E-state index is 11.8. The van der Waals surface area contributed by atoms with Crippen LogP contribution in [0.15, 0.2) is 11.1 Å². The van der Waals surface area contributed by atoms with Crippen molar-refractivity contribution in [1.29, 1.82) is 0 Å². The minimum atomic E-state index is -1.95. The molecule has 25 heavy (non-hydrogen) atoms. The van der Waals surface area contributed by atoms with Crippen LogP contribution in [-0.2, 0) is 14.0 Å². The summed E-state index contributed by atoms with van der Waals surface area (Å²) in [6, 6.07) is 0. The highest BCUT2D eigenvalue weighted by Gasteiger charge is 2.42. The third-order valence-corrected chi connectivity index (χ3v) is 10.5. The molecular formula is C21H38O3Si. The van der Waals surface area contributed by atoms with Crippen LogP contribution < -0.4 is 0 Å². The van der Waals surface area contributed by atoms with E-state index >= 15 is 0 Å². The maximum absolute atomic E-state index is 11.8. The topological polar surface area (TPSA) is 43.4 Å². The standard InChI is InChI=1S/C21H38O3Si/c1-7-8-9-10-11-12-17-13-14-20(19(16-23)18(17)15-22)24-25(5,6)21(2,3)4/h15-16,19-20H,7-14H2,1-6H3/t19-,20-/m0/s1. The lowest BCUT2D eigenvalue weighted by Crippen LogP contribution is -2.47. The molecule has 0 radical (unpaired) electrons. The SMILES string of the molecule is CCCCCCCC1=C(C=O)[C@H](C=O)[C@@H](O[Si](C)(C)C(C)(C)C)CC1. The molecule has 0 aliphatic heterocycles. The van der Waals surface area contributed by atoms with Crippen LogP contribution in [0.5, 0.6) is 0 Å². The lowest BCUT2D eigenvalue weighted by molar-refractivity contribution is -0.115. The first-order valence-corrected chi connectivity index (χ1v) is 12.9. The number of aldehydes is 2. The minimum Gasteiger partial charge on any atom is -0.413 e. The van der Waals surface area contributed by atoms with E-state index in [0.29, 0.717) is 5.57 Å². The Morgan fingerprint density at radius 3 is 2.28 bits per heavy atom. The van der Waals surface area contributed by atoms with Crippen molar-refractivity contribution in [3.8, 4) is 0 Å². The van der Waals surface area contributed by atoms with E-state index in [9.17, 15) is 9.59 Å². The average molecular weight is 367 g/mol. The number of unbranched alkanes of at least 4 members (excludes halogenated alkanes) is 4. The van der Waals surface area contributed by atoms with Crippen LogP contribution in [0.1, 0.15) is 79.1 Å². The Hall–Kier alpha value is -0.743. The first kappa shape index (κ1) is 22.3. The Bertz CT molecular complexity index is 474. The fraction of sp³-hybridized carbons (Fsp3) is 0.810. The third-order valence-electron chi connectivity index (χ3n) is 6.01. The van der Waals surface area contributed by atoms with E-state index in [4.69, 9.17) is 4.43 Å². The number of hydrogen-bond donors (Lipinski definition) is 0. The molecule has 4 heteroatoms. The van der Waals surface area contributed by atoms with Crippen LogP contribution in [-0.4, -0.2) is 27.0 Å². The Labute approximate surface area is 155 Å². The van der Waals surface area contributed by atoms with Crippen LogP contribution in [0.3, 0.4) is 0 Å². The molecule has 0 saturated carbocycles. The van der Waals surface area contributed by atoms with Gasteiger partial charge in [0.1, 0.15) is 12.6 Å². The molecule has 0 N–H and O–H groups in total. The van der Waals surface area contributed by atoms with Gasteiger partial charge in [0.25, 0.3) is 0 Å². The van der Waals surface area contributed by atoms with Crippen LogP contribution in [0, 0.1) is 5.92 Å². The molecule has 1 aliphatic carbocycles. The Kier molecular flexibility index (Phi) is 8.76. The van der Waals surface area contributed by atoms with Crippen LogP contribution >= 0.6 is 0 Å². The van der Waals surface area contributed by atoms with Crippen molar-refractivity contribution in [2.75, 3.05) is 0 Å². The van der Waals surface area contributed by atoms with Gasteiger partial charge in [-0.1, -0.05) is 59.0 Å². The van der Waals surface area contributed by atoms with E-state index in [-0.39, 0.29) is 17.1 Å². The molecule has 0 aromatic rings. The summed E-state index contributed by atoms with van der Waals surface area (Å²) in [6.45, 7) is 13.2. The second kappa shape index (κ2) is 9.82. The summed E-state index contributed by atoms with van der Waals surface area (Å²) < 4.78 is 6.50. The molecule has 1 aliphatic rings. The smallest absolute Gasteiger partial charge is 0.192 e. The van der Waals surface area contributed by atoms with Gasteiger partial charge in [0, 0.05) is 5.57 Å². The van der Waals surface area contributed by atoms with E-state index < -0.39 is 8.32 Å². The van der Waals surface area contributed by atoms with Crippen molar-refractivity contribution in [1.82, 2.24) is 0 Å². The zero-order valence-electron chi connectivity index (χ0n) is 17.2. The summed E-state index contributed by atoms with van der Waals surface area (Å²) in [5.41, 5.74) is 1.90. The summed E-state index contributed by atoms with van der Waals surface area (Å²) >= 11 is 0. The van der Waals surface area contributed by atoms with E-state index in [2.05, 4.69) is 40.8 Å². The number of hydrogen-bond acceptors (Lipinski definition) is 3. The highest BCUT2D eigenvalue weighted by Crippen LogP contribution is 2.41. The van der Waals surface area contributed by atoms with Gasteiger partial charge in [-0.2, -0.15) is 0 Å². The molecule has 0 aromatic heterocycles. The molecule has 144 valence electrons. The van der Waals surface area contributed by atoms with Crippen LogP contribution in [0.25, 0.3) is 0 Å². The summed E-state index contributed by atoms with van der Waals surface area (Å²) in [6.07, 6.45) is 10.5. The van der Waals surface area contributed by atoms with Gasteiger partial charge in [-0.15, -0.1) is 0 Å². The molecule has 3 nitrogen and oxygen atoms in total. The lowest BCUT2D eigenvalue weighted by atomic mass is 9.80. The van der Waals surface area contributed by atoms with Crippen molar-refractivity contribution in [2.45, 2.75) is 103 Å². The molecule has 0 heterocycles. The van der Waals surface area contributed by atoms with Crippen molar-refractivity contribution in [2.24, 2.45) is 5.92 Å².